The van der Waals surface area contributed by atoms with Gasteiger partial charge in [-0.3, -0.25) is 14.4 Å². The smallest absolute Gasteiger partial charge is 0.405 e. The van der Waals surface area contributed by atoms with E-state index in [1.54, 1.807) is 6.92 Å². The number of carbonyl (C=O) groups is 5. The molecule has 0 radical (unpaired) electrons. The number of hydrogen-bond acceptors (Lipinski definition) is 6. The highest BCUT2D eigenvalue weighted by atomic mass is 16.5. The molecule has 176 valence electrons. The molecule has 10 nitrogen and oxygen atoms in total. The van der Waals surface area contributed by atoms with Crippen molar-refractivity contribution in [3.8, 4) is 0 Å². The number of fused-ring (bicyclic) bond motifs is 2. The van der Waals surface area contributed by atoms with Crippen LogP contribution < -0.4 is 10.6 Å². The lowest BCUT2D eigenvalue weighted by Crippen LogP contribution is -2.67. The van der Waals surface area contributed by atoms with Crippen molar-refractivity contribution in [2.75, 3.05) is 13.2 Å². The largest absolute Gasteiger partial charge is 0.465 e. The van der Waals surface area contributed by atoms with Crippen LogP contribution >= 0.6 is 0 Å². The molecule has 3 aliphatic rings. The topological polar surface area (TPSA) is 142 Å². The molecule has 2 fully saturated rings. The average Bonchev–Trinajstić information content (AvgIpc) is 3.12. The van der Waals surface area contributed by atoms with E-state index < -0.39 is 41.5 Å². The fourth-order valence-electron chi connectivity index (χ4n) is 4.69. The number of ether oxygens (including phenoxy) is 1. The average molecular weight is 450 g/mol. The first-order chi connectivity index (χ1) is 15.3. The molecular formula is C22H31N3O7. The second kappa shape index (κ2) is 10.1. The molecule has 4 atom stereocenters. The van der Waals surface area contributed by atoms with Crippen LogP contribution in [-0.4, -0.2) is 70.4 Å². The molecule has 0 aromatic carbocycles. The maximum absolute atomic E-state index is 13.2. The summed E-state index contributed by atoms with van der Waals surface area (Å²) in [5.74, 6) is -2.23. The van der Waals surface area contributed by atoms with Crippen LogP contribution in [0, 0.1) is 5.92 Å². The summed E-state index contributed by atoms with van der Waals surface area (Å²) in [7, 11) is 0. The lowest BCUT2D eigenvalue weighted by molar-refractivity contribution is -0.161. The molecule has 0 spiro atoms. The fourth-order valence-corrected chi connectivity index (χ4v) is 4.69. The number of carboxylic acid groups (broad SMARTS) is 1. The lowest BCUT2D eigenvalue weighted by atomic mass is 9.66. The minimum absolute atomic E-state index is 0.169. The van der Waals surface area contributed by atoms with Crippen molar-refractivity contribution in [2.45, 2.75) is 75.9 Å². The Labute approximate surface area is 186 Å². The van der Waals surface area contributed by atoms with Gasteiger partial charge in [-0.1, -0.05) is 25.0 Å². The molecule has 1 aliphatic carbocycles. The second-order valence-corrected chi connectivity index (χ2v) is 8.62. The summed E-state index contributed by atoms with van der Waals surface area (Å²) in [4.78, 5) is 63.7. The number of amides is 3. The molecule has 1 saturated carbocycles. The first kappa shape index (κ1) is 23.7. The Morgan fingerprint density at radius 2 is 2.03 bits per heavy atom. The molecule has 3 amide bonds. The number of esters is 1. The van der Waals surface area contributed by atoms with Gasteiger partial charge in [0.05, 0.1) is 13.2 Å². The fraction of sp³-hybridized carbons (Fsp3) is 0.682. The zero-order valence-corrected chi connectivity index (χ0v) is 18.3. The van der Waals surface area contributed by atoms with Crippen LogP contribution in [0.25, 0.3) is 0 Å². The van der Waals surface area contributed by atoms with Gasteiger partial charge >= 0.3 is 12.1 Å². The maximum Gasteiger partial charge on any atom is 0.405 e. The van der Waals surface area contributed by atoms with E-state index in [1.807, 2.05) is 12.2 Å². The molecule has 0 aromatic heterocycles. The normalized spacial score (nSPS) is 32.3. The quantitative estimate of drug-likeness (QED) is 0.433. The molecule has 2 aliphatic heterocycles. The number of hydrogen-bond donors (Lipinski definition) is 3. The molecule has 32 heavy (non-hydrogen) atoms. The summed E-state index contributed by atoms with van der Waals surface area (Å²) < 4.78 is 5.25. The Morgan fingerprint density at radius 1 is 1.25 bits per heavy atom. The van der Waals surface area contributed by atoms with E-state index in [0.29, 0.717) is 19.3 Å². The highest BCUT2D eigenvalue weighted by Crippen LogP contribution is 2.41. The first-order valence-corrected chi connectivity index (χ1v) is 11.3. The van der Waals surface area contributed by atoms with E-state index in [9.17, 15) is 24.0 Å². The number of carbonyl (C=O) groups excluding carboxylic acids is 4. The van der Waals surface area contributed by atoms with E-state index in [2.05, 4.69) is 10.6 Å². The Hall–Kier alpha value is -2.91. The van der Waals surface area contributed by atoms with E-state index in [-0.39, 0.29) is 37.7 Å². The monoisotopic (exact) mass is 449 g/mol. The molecule has 0 bridgehead atoms. The molecule has 10 heteroatoms. The van der Waals surface area contributed by atoms with E-state index in [4.69, 9.17) is 9.84 Å². The second-order valence-electron chi connectivity index (χ2n) is 8.62. The van der Waals surface area contributed by atoms with Crippen LogP contribution in [-0.2, 0) is 23.9 Å². The van der Waals surface area contributed by atoms with Crippen LogP contribution in [0.15, 0.2) is 12.2 Å². The predicted molar refractivity (Wildman–Crippen MR) is 113 cm³/mol. The van der Waals surface area contributed by atoms with Crippen molar-refractivity contribution in [3.05, 3.63) is 12.2 Å². The summed E-state index contributed by atoms with van der Waals surface area (Å²) in [5.41, 5.74) is -1.22. The van der Waals surface area contributed by atoms with Crippen LogP contribution in [0.1, 0.15) is 58.3 Å². The Bertz CT molecular complexity index is 811. The highest BCUT2D eigenvalue weighted by Gasteiger charge is 2.55. The van der Waals surface area contributed by atoms with E-state index in [1.165, 1.54) is 0 Å². The number of nitrogens with zero attached hydrogens (tertiary/aromatic N) is 1. The molecule has 1 saturated heterocycles. The SMILES string of the molecule is CCOC(=O)[C@@]12CC[C@H]1/C=C\CCCCC[C@H](NC(=O)O)C(=O)N1CC(=O)C[C@H]1C(=O)N2. The van der Waals surface area contributed by atoms with Gasteiger partial charge in [-0.2, -0.15) is 0 Å². The highest BCUT2D eigenvalue weighted by molar-refractivity contribution is 6.02. The standard InChI is InChI=1S/C22H31N3O7/c1-2-32-20(29)22-11-10-14(22)8-6-4-3-5-7-9-16(23-21(30)31)19(28)25-13-15(26)12-17(25)18(27)24-22/h6,8,14,16-17,23H,2-5,7,9-13H2,1H3,(H,24,27)(H,30,31)/b8-6-/t14-,16+,17+,22-/m1/s1. The predicted octanol–water partition coefficient (Wildman–Crippen LogP) is 1.14. The Balaban J connectivity index is 1.91. The minimum Gasteiger partial charge on any atom is -0.465 e. The van der Waals surface area contributed by atoms with Gasteiger partial charge in [0.2, 0.25) is 11.8 Å². The van der Waals surface area contributed by atoms with Crippen molar-refractivity contribution in [1.82, 2.24) is 15.5 Å². The van der Waals surface area contributed by atoms with Crippen molar-refractivity contribution in [1.29, 1.82) is 0 Å². The minimum atomic E-state index is -1.34. The first-order valence-electron chi connectivity index (χ1n) is 11.3. The van der Waals surface area contributed by atoms with Gasteiger partial charge in [0, 0.05) is 12.3 Å². The summed E-state index contributed by atoms with van der Waals surface area (Å²) in [6.07, 6.45) is 6.87. The number of Topliss-reactive ketones (excluding diaryl/α,β-unsaturated/α-hetero) is 1. The van der Waals surface area contributed by atoms with Crippen molar-refractivity contribution >= 4 is 29.7 Å². The third kappa shape index (κ3) is 4.94. The van der Waals surface area contributed by atoms with Crippen LogP contribution in [0.5, 0.6) is 0 Å². The van der Waals surface area contributed by atoms with Crippen molar-refractivity contribution in [3.63, 3.8) is 0 Å². The van der Waals surface area contributed by atoms with Gasteiger partial charge in [-0.15, -0.1) is 0 Å². The summed E-state index contributed by atoms with van der Waals surface area (Å²) in [5, 5.41) is 14.2. The Kier molecular flexibility index (Phi) is 7.52. The van der Waals surface area contributed by atoms with Crippen LogP contribution in [0.2, 0.25) is 0 Å². The summed E-state index contributed by atoms with van der Waals surface area (Å²) >= 11 is 0. The van der Waals surface area contributed by atoms with Gasteiger partial charge in [-0.05, 0) is 39.0 Å². The third-order valence-corrected chi connectivity index (χ3v) is 6.53. The zero-order valence-electron chi connectivity index (χ0n) is 18.3. The van der Waals surface area contributed by atoms with Gasteiger partial charge in [0.1, 0.15) is 17.6 Å². The molecule has 2 heterocycles. The van der Waals surface area contributed by atoms with Gasteiger partial charge in [0.15, 0.2) is 5.78 Å². The van der Waals surface area contributed by atoms with Crippen LogP contribution in [0.4, 0.5) is 4.79 Å². The van der Waals surface area contributed by atoms with E-state index in [0.717, 1.165) is 24.2 Å². The number of rotatable bonds is 3. The maximum atomic E-state index is 13.2. The van der Waals surface area contributed by atoms with Crippen molar-refractivity contribution in [2.24, 2.45) is 5.92 Å². The summed E-state index contributed by atoms with van der Waals surface area (Å²) in [6, 6.07) is -2.13. The third-order valence-electron chi connectivity index (χ3n) is 6.53. The summed E-state index contributed by atoms with van der Waals surface area (Å²) in [6.45, 7) is 1.60. The molecular weight excluding hydrogens is 418 g/mol. The van der Waals surface area contributed by atoms with Crippen molar-refractivity contribution < 1.29 is 33.8 Å². The van der Waals surface area contributed by atoms with Gasteiger partial charge in [0.25, 0.3) is 0 Å². The molecule has 0 aromatic rings. The number of ketones is 1. The van der Waals surface area contributed by atoms with Crippen LogP contribution in [0.3, 0.4) is 0 Å². The number of nitrogens with one attached hydrogen (secondary N) is 2. The van der Waals surface area contributed by atoms with Gasteiger partial charge in [-0.25, -0.2) is 9.59 Å². The number of allylic oxidation sites excluding steroid dienone is 1. The molecule has 0 unspecified atom stereocenters. The molecule has 3 N–H and O–H groups in total. The molecule has 3 rings (SSSR count). The zero-order chi connectivity index (χ0) is 23.3. The Morgan fingerprint density at radius 3 is 2.69 bits per heavy atom. The van der Waals surface area contributed by atoms with E-state index >= 15 is 0 Å². The lowest BCUT2D eigenvalue weighted by Gasteiger charge is -2.47. The van der Waals surface area contributed by atoms with Gasteiger partial charge < -0.3 is 25.4 Å².